The largest absolute Gasteiger partial charge is 0.320 e. The van der Waals surface area contributed by atoms with E-state index in [4.69, 9.17) is 5.73 Å². The van der Waals surface area contributed by atoms with Crippen LogP contribution in [0.5, 0.6) is 0 Å². The second-order valence-corrected chi connectivity index (χ2v) is 9.22. The molecule has 1 rings (SSSR count). The second kappa shape index (κ2) is 7.19. The van der Waals surface area contributed by atoms with Crippen molar-refractivity contribution in [3.8, 4) is 11.8 Å². The topological polar surface area (TPSA) is 106 Å². The zero-order chi connectivity index (χ0) is 15.2. The van der Waals surface area contributed by atoms with Crippen LogP contribution in [0, 0.1) is 11.8 Å². The maximum Gasteiger partial charge on any atom is 0.212 e. The van der Waals surface area contributed by atoms with Gasteiger partial charge in [-0.15, -0.1) is 11.3 Å². The number of thiophene rings is 1. The molecule has 112 valence electrons. The van der Waals surface area contributed by atoms with Gasteiger partial charge in [0.2, 0.25) is 10.0 Å². The van der Waals surface area contributed by atoms with Crippen LogP contribution in [0.4, 0.5) is 0 Å². The normalized spacial score (nSPS) is 11.9. The van der Waals surface area contributed by atoms with Gasteiger partial charge in [-0.3, -0.25) is 0 Å². The third-order valence-corrected chi connectivity index (χ3v) is 5.70. The highest BCUT2D eigenvalue weighted by Gasteiger charge is 2.15. The molecule has 1 aromatic rings. The molecule has 0 aliphatic heterocycles. The van der Waals surface area contributed by atoms with Gasteiger partial charge in [0.05, 0.1) is 18.1 Å². The first-order valence-electron chi connectivity index (χ1n) is 5.64. The number of sulfone groups is 1. The van der Waals surface area contributed by atoms with E-state index in [-0.39, 0.29) is 13.1 Å². The van der Waals surface area contributed by atoms with Crippen molar-refractivity contribution in [3.63, 3.8) is 0 Å². The number of rotatable bonds is 6. The Morgan fingerprint density at radius 2 is 2.00 bits per heavy atom. The molecule has 0 radical (unpaired) electrons. The van der Waals surface area contributed by atoms with Gasteiger partial charge in [-0.25, -0.2) is 21.6 Å². The van der Waals surface area contributed by atoms with E-state index < -0.39 is 31.4 Å². The Balaban J connectivity index is 2.65. The first kappa shape index (κ1) is 17.1. The predicted molar refractivity (Wildman–Crippen MR) is 80.6 cm³/mol. The SMILES string of the molecule is CS(=O)(=O)CCS(=O)(=O)NCc1sccc1C#CCN. The molecule has 6 nitrogen and oxygen atoms in total. The fourth-order valence-corrected chi connectivity index (χ4v) is 4.70. The van der Waals surface area contributed by atoms with E-state index in [1.807, 2.05) is 0 Å². The molecule has 0 atom stereocenters. The van der Waals surface area contributed by atoms with Crippen molar-refractivity contribution >= 4 is 31.2 Å². The minimum absolute atomic E-state index is 0.0956. The number of nitrogens with one attached hydrogen (secondary N) is 1. The summed E-state index contributed by atoms with van der Waals surface area (Å²) in [7, 11) is -6.93. The minimum atomic E-state index is -3.62. The van der Waals surface area contributed by atoms with Gasteiger partial charge in [0.15, 0.2) is 0 Å². The maximum absolute atomic E-state index is 11.7. The summed E-state index contributed by atoms with van der Waals surface area (Å²) in [5.41, 5.74) is 6.01. The zero-order valence-electron chi connectivity index (χ0n) is 10.9. The molecule has 3 N–H and O–H groups in total. The van der Waals surface area contributed by atoms with Crippen molar-refractivity contribution in [1.82, 2.24) is 4.72 Å². The average Bonchev–Trinajstić information content (AvgIpc) is 2.78. The first-order valence-corrected chi connectivity index (χ1v) is 10.2. The summed E-state index contributed by atoms with van der Waals surface area (Å²) in [5, 5.41) is 1.81. The van der Waals surface area contributed by atoms with Crippen LogP contribution < -0.4 is 10.5 Å². The Morgan fingerprint density at radius 3 is 2.60 bits per heavy atom. The van der Waals surface area contributed by atoms with Gasteiger partial charge >= 0.3 is 0 Å². The lowest BCUT2D eigenvalue weighted by atomic mass is 10.2. The Hall–Kier alpha value is -0.920. The molecular formula is C11H16N2O4S3. The predicted octanol–water partition coefficient (Wildman–Crippen LogP) is -0.478. The lowest BCUT2D eigenvalue weighted by molar-refractivity contribution is 0.579. The van der Waals surface area contributed by atoms with Crippen LogP contribution in [0.15, 0.2) is 11.4 Å². The van der Waals surface area contributed by atoms with Crippen molar-refractivity contribution in [2.75, 3.05) is 24.3 Å². The standard InChI is InChI=1S/C11H16N2O4S3/c1-19(14,15)7-8-20(16,17)13-9-11-10(3-2-5-12)4-6-18-11/h4,6,13H,5,7-9,12H2,1H3. The number of sulfonamides is 1. The molecular weight excluding hydrogens is 320 g/mol. The smallest absolute Gasteiger partial charge is 0.212 e. The van der Waals surface area contributed by atoms with Gasteiger partial charge in [0.25, 0.3) is 0 Å². The Labute approximate surface area is 123 Å². The van der Waals surface area contributed by atoms with E-state index in [2.05, 4.69) is 16.6 Å². The molecule has 0 saturated heterocycles. The van der Waals surface area contributed by atoms with Crippen LogP contribution in [0.25, 0.3) is 0 Å². The van der Waals surface area contributed by atoms with Crippen LogP contribution in [0.3, 0.4) is 0 Å². The molecule has 0 amide bonds. The van der Waals surface area contributed by atoms with Gasteiger partial charge in [-0.05, 0) is 11.4 Å². The fraction of sp³-hybridized carbons (Fsp3) is 0.455. The summed E-state index contributed by atoms with van der Waals surface area (Å²) in [4.78, 5) is 0.772. The lowest BCUT2D eigenvalue weighted by Crippen LogP contribution is -2.29. The van der Waals surface area contributed by atoms with Crippen molar-refractivity contribution in [2.24, 2.45) is 5.73 Å². The van der Waals surface area contributed by atoms with Crippen LogP contribution >= 0.6 is 11.3 Å². The highest BCUT2D eigenvalue weighted by Crippen LogP contribution is 2.15. The molecule has 0 unspecified atom stereocenters. The van der Waals surface area contributed by atoms with Gasteiger partial charge < -0.3 is 5.73 Å². The van der Waals surface area contributed by atoms with Gasteiger partial charge in [0.1, 0.15) is 9.84 Å². The highest BCUT2D eigenvalue weighted by molar-refractivity contribution is 7.93. The Morgan fingerprint density at radius 1 is 1.30 bits per heavy atom. The van der Waals surface area contributed by atoms with Gasteiger partial charge in [0, 0.05) is 23.2 Å². The first-order chi connectivity index (χ1) is 9.23. The summed E-state index contributed by atoms with van der Waals surface area (Å²) in [6, 6.07) is 1.79. The quantitative estimate of drug-likeness (QED) is 0.683. The molecule has 0 spiro atoms. The number of nitrogens with two attached hydrogens (primary N) is 1. The molecule has 0 saturated carbocycles. The Bertz CT molecular complexity index is 708. The molecule has 0 fully saturated rings. The van der Waals surface area contributed by atoms with Crippen LogP contribution in [0.1, 0.15) is 10.4 Å². The van der Waals surface area contributed by atoms with Crippen LogP contribution in [0.2, 0.25) is 0 Å². The monoisotopic (exact) mass is 336 g/mol. The summed E-state index contributed by atoms with van der Waals surface area (Å²) in [6.45, 7) is 0.327. The number of hydrogen-bond donors (Lipinski definition) is 2. The van der Waals surface area contributed by atoms with E-state index >= 15 is 0 Å². The molecule has 1 aromatic heterocycles. The summed E-state index contributed by atoms with van der Waals surface area (Å²) >= 11 is 1.38. The van der Waals surface area contributed by atoms with E-state index in [1.165, 1.54) is 11.3 Å². The lowest BCUT2D eigenvalue weighted by Gasteiger charge is -2.05. The van der Waals surface area contributed by atoms with Crippen LogP contribution in [-0.2, 0) is 26.4 Å². The second-order valence-electron chi connectivity index (χ2n) is 4.03. The summed E-state index contributed by atoms with van der Waals surface area (Å²) in [5.74, 6) is 4.71. The third-order valence-electron chi connectivity index (χ3n) is 2.25. The fourth-order valence-electron chi connectivity index (χ4n) is 1.24. The maximum atomic E-state index is 11.7. The zero-order valence-corrected chi connectivity index (χ0v) is 13.4. The summed E-state index contributed by atoms with van der Waals surface area (Å²) in [6.07, 6.45) is 1.00. The molecule has 9 heteroatoms. The van der Waals surface area contributed by atoms with E-state index in [0.29, 0.717) is 0 Å². The summed E-state index contributed by atoms with van der Waals surface area (Å²) < 4.78 is 47.6. The van der Waals surface area contributed by atoms with E-state index in [1.54, 1.807) is 11.4 Å². The van der Waals surface area contributed by atoms with Gasteiger partial charge in [-0.2, -0.15) is 0 Å². The van der Waals surface area contributed by atoms with E-state index in [0.717, 1.165) is 16.7 Å². The molecule has 1 heterocycles. The van der Waals surface area contributed by atoms with Gasteiger partial charge in [-0.1, -0.05) is 11.8 Å². The molecule has 0 bridgehead atoms. The third kappa shape index (κ3) is 6.49. The average molecular weight is 336 g/mol. The van der Waals surface area contributed by atoms with Crippen molar-refractivity contribution < 1.29 is 16.8 Å². The molecule has 0 aromatic carbocycles. The van der Waals surface area contributed by atoms with Crippen molar-refractivity contribution in [3.05, 3.63) is 21.9 Å². The van der Waals surface area contributed by atoms with E-state index in [9.17, 15) is 16.8 Å². The number of hydrogen-bond acceptors (Lipinski definition) is 6. The van der Waals surface area contributed by atoms with Crippen molar-refractivity contribution in [1.29, 1.82) is 0 Å². The van der Waals surface area contributed by atoms with Crippen molar-refractivity contribution in [2.45, 2.75) is 6.54 Å². The minimum Gasteiger partial charge on any atom is -0.320 e. The molecule has 20 heavy (non-hydrogen) atoms. The Kier molecular flexibility index (Phi) is 6.16. The molecule has 0 aliphatic rings. The highest BCUT2D eigenvalue weighted by atomic mass is 32.2. The molecule has 0 aliphatic carbocycles. The van der Waals surface area contributed by atoms with Crippen LogP contribution in [-0.4, -0.2) is 41.1 Å².